The van der Waals surface area contributed by atoms with Gasteiger partial charge in [-0.15, -0.1) is 0 Å². The topological polar surface area (TPSA) is 448 Å². The summed E-state index contributed by atoms with van der Waals surface area (Å²) in [4.78, 5) is 94.2. The number of ether oxygens (including phenoxy) is 4. The zero-order chi connectivity index (χ0) is 64.5. The lowest BCUT2D eigenvalue weighted by atomic mass is 10.1. The normalized spacial score (nSPS) is 12.0. The van der Waals surface area contributed by atoms with E-state index in [4.69, 9.17) is 47.6 Å². The molecule has 0 saturated heterocycles. The lowest BCUT2D eigenvalue weighted by Gasteiger charge is -2.13. The van der Waals surface area contributed by atoms with Crippen LogP contribution >= 0.6 is 0 Å². The lowest BCUT2D eigenvalue weighted by Crippen LogP contribution is -2.42. The molecule has 22 N–H and O–H groups in total. The van der Waals surface area contributed by atoms with Crippen molar-refractivity contribution in [3.63, 3.8) is 0 Å². The van der Waals surface area contributed by atoms with Gasteiger partial charge in [-0.1, -0.05) is 41.5 Å². The van der Waals surface area contributed by atoms with Crippen molar-refractivity contribution in [1.82, 2.24) is 63.8 Å². The Labute approximate surface area is 522 Å². The molecule has 0 aromatic rings. The van der Waals surface area contributed by atoms with E-state index >= 15 is 0 Å². The SMILES string of the molecule is C.CCCCNC(=O)C(N)CCC(=O)NCCNCCC.CCCNCCNC(=O)CCC(N)C(=O)NCCCOCCOC.CCCNCCNC(=O)CCC(N)C(=O)NCCCOCCOCCCNC(=O)C(N)CCC(=O)NCCNCCN. The van der Waals surface area contributed by atoms with Crippen LogP contribution in [0.5, 0.6) is 0 Å². The maximum absolute atomic E-state index is 12.1. The van der Waals surface area contributed by atoms with Gasteiger partial charge in [-0.3, -0.25) is 38.4 Å². The molecule has 0 spiro atoms. The highest BCUT2D eigenvalue weighted by Gasteiger charge is 2.18. The molecule has 0 fully saturated rings. The fraction of sp³-hybridized carbons (Fsp3) is 0.862. The lowest BCUT2D eigenvalue weighted by molar-refractivity contribution is -0.125. The molecule has 29 nitrogen and oxygen atoms in total. The van der Waals surface area contributed by atoms with Crippen molar-refractivity contribution >= 4 is 47.3 Å². The summed E-state index contributed by atoms with van der Waals surface area (Å²) >= 11 is 0. The van der Waals surface area contributed by atoms with Gasteiger partial charge >= 0.3 is 0 Å². The number of carbonyl (C=O) groups excluding carboxylic acids is 8. The summed E-state index contributed by atoms with van der Waals surface area (Å²) in [5.74, 6) is -1.37. The molecule has 514 valence electrons. The number of amides is 8. The van der Waals surface area contributed by atoms with E-state index in [1.165, 1.54) is 0 Å². The average Bonchev–Trinajstić information content (AvgIpc) is 3.61. The highest BCUT2D eigenvalue weighted by molar-refractivity contribution is 5.85. The average molecular weight is 1250 g/mol. The molecule has 29 heteroatoms. The van der Waals surface area contributed by atoms with Crippen molar-refractivity contribution in [2.45, 2.75) is 162 Å². The van der Waals surface area contributed by atoms with Gasteiger partial charge < -0.3 is 111 Å². The van der Waals surface area contributed by atoms with Gasteiger partial charge in [0.15, 0.2) is 0 Å². The highest BCUT2D eigenvalue weighted by Crippen LogP contribution is 1.99. The molecule has 87 heavy (non-hydrogen) atoms. The van der Waals surface area contributed by atoms with E-state index in [1.54, 1.807) is 7.11 Å². The van der Waals surface area contributed by atoms with Gasteiger partial charge in [0.2, 0.25) is 47.3 Å². The molecular formula is C58H125N17O12. The molecule has 0 heterocycles. The summed E-state index contributed by atoms with van der Waals surface area (Å²) in [5, 5.41) is 34.8. The van der Waals surface area contributed by atoms with Crippen molar-refractivity contribution in [1.29, 1.82) is 0 Å². The molecule has 0 aromatic carbocycles. The molecule has 4 unspecified atom stereocenters. The Balaban J connectivity index is -0.000000647. The van der Waals surface area contributed by atoms with Crippen LogP contribution < -0.4 is 92.5 Å². The fourth-order valence-electron chi connectivity index (χ4n) is 6.95. The summed E-state index contributed by atoms with van der Waals surface area (Å²) in [6.45, 7) is 23.0. The summed E-state index contributed by atoms with van der Waals surface area (Å²) in [6.07, 6.45) is 9.35. The van der Waals surface area contributed by atoms with Crippen LogP contribution in [0.4, 0.5) is 0 Å². The molecular weight excluding hydrogens is 1130 g/mol. The molecule has 0 saturated carbocycles. The molecule has 0 bridgehead atoms. The summed E-state index contributed by atoms with van der Waals surface area (Å²) in [5.41, 5.74) is 28.6. The predicted molar refractivity (Wildman–Crippen MR) is 344 cm³/mol. The van der Waals surface area contributed by atoms with E-state index in [0.29, 0.717) is 150 Å². The Kier molecular flexibility index (Phi) is 70.0. The van der Waals surface area contributed by atoms with E-state index in [-0.39, 0.29) is 93.2 Å². The van der Waals surface area contributed by atoms with Gasteiger partial charge in [0.05, 0.1) is 50.6 Å². The molecule has 4 atom stereocenters. The summed E-state index contributed by atoms with van der Waals surface area (Å²) < 4.78 is 21.1. The molecule has 0 aliphatic carbocycles. The Morgan fingerprint density at radius 2 is 0.586 bits per heavy atom. The minimum Gasteiger partial charge on any atom is -0.382 e. The van der Waals surface area contributed by atoms with Crippen LogP contribution in [0.3, 0.4) is 0 Å². The second kappa shape index (κ2) is 68.7. The quantitative estimate of drug-likeness (QED) is 0.0273. The van der Waals surface area contributed by atoms with E-state index in [1.807, 2.05) is 0 Å². The molecule has 0 radical (unpaired) electrons. The number of methoxy groups -OCH3 is 1. The highest BCUT2D eigenvalue weighted by atomic mass is 16.5. The number of nitrogens with one attached hydrogen (secondary N) is 12. The van der Waals surface area contributed by atoms with Crippen LogP contribution in [0, 0.1) is 0 Å². The first kappa shape index (κ1) is 88.7. The third-order valence-electron chi connectivity index (χ3n) is 12.1. The van der Waals surface area contributed by atoms with Crippen molar-refractivity contribution in [2.24, 2.45) is 28.7 Å². The first-order valence-corrected chi connectivity index (χ1v) is 31.5. The third-order valence-corrected chi connectivity index (χ3v) is 12.1. The number of rotatable bonds is 57. The number of hydrogen-bond donors (Lipinski definition) is 17. The molecule has 0 aliphatic heterocycles. The van der Waals surface area contributed by atoms with Gasteiger partial charge in [-0.2, -0.15) is 0 Å². The predicted octanol–water partition coefficient (Wildman–Crippen LogP) is -2.83. The van der Waals surface area contributed by atoms with Crippen LogP contribution in [0.25, 0.3) is 0 Å². The van der Waals surface area contributed by atoms with Crippen LogP contribution in [0.15, 0.2) is 0 Å². The first-order chi connectivity index (χ1) is 41.5. The maximum atomic E-state index is 12.1. The van der Waals surface area contributed by atoms with Gasteiger partial charge in [-0.05, 0) is 90.3 Å². The number of carbonyl (C=O) groups is 8. The van der Waals surface area contributed by atoms with Crippen LogP contribution in [0.1, 0.15) is 138 Å². The minimum atomic E-state index is -0.740. The standard InChI is InChI=1S/C27H57N9O6.C16H34N4O4.C14H30N4O2.CH4/c1-2-10-31-14-16-33-24(37)7-5-22(29)26(39)35-11-3-18-41-20-21-42-19-4-12-36-27(40)23(30)6-8-25(38)34-17-15-32-13-9-28;1-3-7-18-9-10-19-15(21)6-5-14(17)16(22)20-8-4-11-24-13-12-23-2;1-3-5-9-18-14(20)12(15)6-7-13(19)17-11-10-16-8-4-2;/h22-23,31-32H,2-21,28-30H2,1H3,(H,33,37)(H,34,38)(H,35,39)(H,36,40);14,18H,3-13,17H2,1-2H3,(H,19,21)(H,20,22);12,16H,3-11,15H2,1-2H3,(H,17,19)(H,18,20);1H4. The van der Waals surface area contributed by atoms with Crippen molar-refractivity contribution in [3.05, 3.63) is 0 Å². The number of unbranched alkanes of at least 4 members (excludes halogenated alkanes) is 1. The first-order valence-electron chi connectivity index (χ1n) is 31.5. The van der Waals surface area contributed by atoms with Crippen LogP contribution in [0.2, 0.25) is 0 Å². The fourth-order valence-corrected chi connectivity index (χ4v) is 6.95. The monoisotopic (exact) mass is 1250 g/mol. The zero-order valence-corrected chi connectivity index (χ0v) is 53.4. The Bertz CT molecular complexity index is 1610. The number of nitrogens with two attached hydrogens (primary N) is 5. The Morgan fingerprint density at radius 1 is 0.322 bits per heavy atom. The van der Waals surface area contributed by atoms with Gasteiger partial charge in [0, 0.05) is 144 Å². The molecule has 0 aromatic heterocycles. The second-order valence-electron chi connectivity index (χ2n) is 20.2. The molecule has 8 amide bonds. The van der Waals surface area contributed by atoms with Gasteiger partial charge in [0.25, 0.3) is 0 Å². The smallest absolute Gasteiger partial charge is 0.236 e. The largest absolute Gasteiger partial charge is 0.382 e. The van der Waals surface area contributed by atoms with E-state index < -0.39 is 24.2 Å². The van der Waals surface area contributed by atoms with Crippen molar-refractivity contribution < 1.29 is 57.3 Å². The maximum Gasteiger partial charge on any atom is 0.236 e. The van der Waals surface area contributed by atoms with Crippen LogP contribution in [-0.4, -0.2) is 236 Å². The zero-order valence-electron chi connectivity index (χ0n) is 53.4. The second-order valence-corrected chi connectivity index (χ2v) is 20.2. The summed E-state index contributed by atoms with van der Waals surface area (Å²) in [6, 6.07) is -2.73. The molecule has 0 rings (SSSR count). The Hall–Kier alpha value is -4.76. The van der Waals surface area contributed by atoms with Gasteiger partial charge in [0.1, 0.15) is 0 Å². The van der Waals surface area contributed by atoms with Crippen molar-refractivity contribution in [2.75, 3.05) is 165 Å². The minimum absolute atomic E-state index is 0. The Morgan fingerprint density at radius 3 is 0.839 bits per heavy atom. The van der Waals surface area contributed by atoms with E-state index in [9.17, 15) is 38.4 Å². The summed E-state index contributed by atoms with van der Waals surface area (Å²) in [7, 11) is 1.62. The number of hydrogen-bond acceptors (Lipinski definition) is 21. The molecule has 0 aliphatic rings. The van der Waals surface area contributed by atoms with Crippen LogP contribution in [-0.2, 0) is 57.3 Å². The van der Waals surface area contributed by atoms with E-state index in [2.05, 4.69) is 91.5 Å². The van der Waals surface area contributed by atoms with Crippen molar-refractivity contribution in [3.8, 4) is 0 Å². The third kappa shape index (κ3) is 65.5. The van der Waals surface area contributed by atoms with E-state index in [0.717, 1.165) is 71.4 Å². The van der Waals surface area contributed by atoms with Gasteiger partial charge in [-0.25, -0.2) is 0 Å².